The topological polar surface area (TPSA) is 96.4 Å². The molecule has 1 fully saturated rings. The Labute approximate surface area is 192 Å². The van der Waals surface area contributed by atoms with Crippen LogP contribution in [0.5, 0.6) is 0 Å². The zero-order valence-electron chi connectivity index (χ0n) is 17.8. The van der Waals surface area contributed by atoms with Crippen LogP contribution in [-0.4, -0.2) is 54.7 Å². The number of aromatic nitrogens is 1. The van der Waals surface area contributed by atoms with Crippen LogP contribution in [0.4, 0.5) is 5.69 Å². The van der Waals surface area contributed by atoms with Crippen molar-refractivity contribution in [3.63, 3.8) is 0 Å². The molecule has 0 atom stereocenters. The molecule has 1 aromatic heterocycles. The molecule has 8 heteroatoms. The number of carbonyl (C=O) groups is 2. The third-order valence-electron chi connectivity index (χ3n) is 5.34. The Kier molecular flexibility index (Phi) is 6.65. The van der Waals surface area contributed by atoms with Crippen molar-refractivity contribution in [2.75, 3.05) is 29.9 Å². The number of nitrogens with zero attached hydrogens (tertiary/aromatic N) is 2. The van der Waals surface area contributed by atoms with Gasteiger partial charge < -0.3 is 10.2 Å². The molecule has 0 aliphatic carbocycles. The van der Waals surface area contributed by atoms with Gasteiger partial charge in [-0.25, -0.2) is 8.42 Å². The number of sulfone groups is 1. The molecule has 1 aliphatic rings. The van der Waals surface area contributed by atoms with Crippen LogP contribution in [0.3, 0.4) is 0 Å². The Morgan fingerprint density at radius 3 is 2.27 bits per heavy atom. The minimum Gasteiger partial charge on any atom is -0.337 e. The molecule has 2 heterocycles. The minimum absolute atomic E-state index is 0.0000316. The van der Waals surface area contributed by atoms with E-state index < -0.39 is 9.84 Å². The van der Waals surface area contributed by atoms with Crippen LogP contribution in [0.1, 0.15) is 32.0 Å². The number of nitrogens with one attached hydrogen (secondary N) is 1. The molecule has 2 aromatic carbocycles. The van der Waals surface area contributed by atoms with Crippen molar-refractivity contribution in [3.8, 4) is 0 Å². The highest BCUT2D eigenvalue weighted by Gasteiger charge is 2.26. The van der Waals surface area contributed by atoms with E-state index in [0.717, 1.165) is 11.1 Å². The van der Waals surface area contributed by atoms with Gasteiger partial charge in [0.05, 0.1) is 11.5 Å². The van der Waals surface area contributed by atoms with Gasteiger partial charge in [-0.15, -0.1) is 0 Å². The monoisotopic (exact) mass is 461 g/mol. The van der Waals surface area contributed by atoms with Crippen molar-refractivity contribution < 1.29 is 18.0 Å². The third-order valence-corrected chi connectivity index (χ3v) is 6.95. The summed E-state index contributed by atoms with van der Waals surface area (Å²) in [4.78, 5) is 30.8. The van der Waals surface area contributed by atoms with Gasteiger partial charge >= 0.3 is 0 Å². The van der Waals surface area contributed by atoms with Crippen LogP contribution < -0.4 is 5.32 Å². The van der Waals surface area contributed by atoms with E-state index in [4.69, 9.17) is 0 Å². The average Bonchev–Trinajstić information content (AvgIpc) is 2.84. The van der Waals surface area contributed by atoms with Gasteiger partial charge in [0.25, 0.3) is 11.8 Å². The second kappa shape index (κ2) is 9.79. The Morgan fingerprint density at radius 2 is 1.58 bits per heavy atom. The Bertz CT molecular complexity index is 1270. The van der Waals surface area contributed by atoms with Crippen LogP contribution in [0, 0.1) is 0 Å². The molecule has 168 valence electrons. The highest BCUT2D eigenvalue weighted by atomic mass is 32.2. The Morgan fingerprint density at radius 1 is 0.879 bits per heavy atom. The van der Waals surface area contributed by atoms with Crippen molar-refractivity contribution in [2.45, 2.75) is 0 Å². The summed E-state index contributed by atoms with van der Waals surface area (Å²) in [5.74, 6) is -0.450. The molecule has 1 N–H and O–H groups in total. The molecule has 2 amide bonds. The molecule has 3 aromatic rings. The Hall–Kier alpha value is -3.78. The molecule has 0 saturated carbocycles. The molecule has 0 unspecified atom stereocenters. The molecular formula is C25H23N3O4S. The second-order valence-electron chi connectivity index (χ2n) is 7.66. The van der Waals surface area contributed by atoms with Crippen molar-refractivity contribution in [2.24, 2.45) is 0 Å². The number of rotatable bonds is 5. The fraction of sp³-hybridized carbons (Fsp3) is 0.160. The molecule has 4 rings (SSSR count). The van der Waals surface area contributed by atoms with Gasteiger partial charge in [0.1, 0.15) is 5.69 Å². The maximum Gasteiger partial charge on any atom is 0.274 e. The molecule has 0 radical (unpaired) electrons. The van der Waals surface area contributed by atoms with E-state index in [1.165, 1.54) is 0 Å². The molecule has 0 bridgehead atoms. The lowest BCUT2D eigenvalue weighted by atomic mass is 10.0. The van der Waals surface area contributed by atoms with Crippen molar-refractivity contribution in [1.82, 2.24) is 9.88 Å². The lowest BCUT2D eigenvalue weighted by molar-refractivity contribution is 0.0770. The number of amides is 2. The van der Waals surface area contributed by atoms with E-state index in [9.17, 15) is 18.0 Å². The van der Waals surface area contributed by atoms with Crippen molar-refractivity contribution in [3.05, 3.63) is 95.3 Å². The zero-order valence-corrected chi connectivity index (χ0v) is 18.7. The van der Waals surface area contributed by atoms with E-state index >= 15 is 0 Å². The van der Waals surface area contributed by atoms with Gasteiger partial charge in [0.15, 0.2) is 9.84 Å². The van der Waals surface area contributed by atoms with Gasteiger partial charge in [-0.1, -0.05) is 48.6 Å². The zero-order chi connectivity index (χ0) is 23.3. The highest BCUT2D eigenvalue weighted by molar-refractivity contribution is 7.91. The standard InChI is InChI=1S/C25H23N3O4S/c29-24(23-7-3-4-14-26-23)27-21-12-9-19(10-13-21)8-11-20-5-1-2-6-22(20)25(30)28-15-17-33(31,32)18-16-28/h1-14H,15-18H2,(H,27,29)/b11-8+. The largest absolute Gasteiger partial charge is 0.337 e. The first-order valence-electron chi connectivity index (χ1n) is 10.5. The summed E-state index contributed by atoms with van der Waals surface area (Å²) in [7, 11) is -3.05. The lowest BCUT2D eigenvalue weighted by Crippen LogP contribution is -2.43. The summed E-state index contributed by atoms with van der Waals surface area (Å²) in [6.07, 6.45) is 5.31. The van der Waals surface area contributed by atoms with Gasteiger partial charge in [0, 0.05) is 30.5 Å². The summed E-state index contributed by atoms with van der Waals surface area (Å²) >= 11 is 0. The Balaban J connectivity index is 1.44. The molecular weight excluding hydrogens is 438 g/mol. The van der Waals surface area contributed by atoms with Gasteiger partial charge in [0.2, 0.25) is 0 Å². The number of benzene rings is 2. The maximum absolute atomic E-state index is 13.0. The van der Waals surface area contributed by atoms with Crippen LogP contribution in [-0.2, 0) is 9.84 Å². The van der Waals surface area contributed by atoms with Crippen LogP contribution in [0.25, 0.3) is 12.2 Å². The smallest absolute Gasteiger partial charge is 0.274 e. The first kappa shape index (κ1) is 22.4. The van der Waals surface area contributed by atoms with Crippen LogP contribution in [0.15, 0.2) is 72.9 Å². The van der Waals surface area contributed by atoms with E-state index in [-0.39, 0.29) is 36.4 Å². The summed E-state index contributed by atoms with van der Waals surface area (Å²) in [6, 6.07) is 19.7. The van der Waals surface area contributed by atoms with Crippen molar-refractivity contribution in [1.29, 1.82) is 0 Å². The van der Waals surface area contributed by atoms with Crippen molar-refractivity contribution >= 4 is 39.5 Å². The van der Waals surface area contributed by atoms with E-state index in [1.54, 1.807) is 53.6 Å². The lowest BCUT2D eigenvalue weighted by Gasteiger charge is -2.27. The fourth-order valence-electron chi connectivity index (χ4n) is 3.48. The molecule has 1 aliphatic heterocycles. The van der Waals surface area contributed by atoms with Crippen LogP contribution in [0.2, 0.25) is 0 Å². The number of hydrogen-bond acceptors (Lipinski definition) is 5. The first-order chi connectivity index (χ1) is 15.9. The van der Waals surface area contributed by atoms with E-state index in [1.807, 2.05) is 36.4 Å². The highest BCUT2D eigenvalue weighted by Crippen LogP contribution is 2.18. The van der Waals surface area contributed by atoms with Gasteiger partial charge in [-0.2, -0.15) is 0 Å². The summed E-state index contributed by atoms with van der Waals surface area (Å²) < 4.78 is 23.3. The van der Waals surface area contributed by atoms with Gasteiger partial charge in [-0.3, -0.25) is 14.6 Å². The first-order valence-corrected chi connectivity index (χ1v) is 12.3. The van der Waals surface area contributed by atoms with Crippen LogP contribution >= 0.6 is 0 Å². The molecule has 33 heavy (non-hydrogen) atoms. The van der Waals surface area contributed by atoms with E-state index in [2.05, 4.69) is 10.3 Å². The molecule has 7 nitrogen and oxygen atoms in total. The SMILES string of the molecule is O=C(Nc1ccc(/C=C/c2ccccc2C(=O)N2CCS(=O)(=O)CC2)cc1)c1ccccn1. The predicted molar refractivity (Wildman–Crippen MR) is 129 cm³/mol. The third kappa shape index (κ3) is 5.72. The second-order valence-corrected chi connectivity index (χ2v) is 9.96. The number of hydrogen-bond donors (Lipinski definition) is 1. The van der Waals surface area contributed by atoms with Gasteiger partial charge in [-0.05, 0) is 41.5 Å². The van der Waals surface area contributed by atoms with E-state index in [0.29, 0.717) is 16.9 Å². The summed E-state index contributed by atoms with van der Waals surface area (Å²) in [6.45, 7) is 0.426. The fourth-order valence-corrected chi connectivity index (χ4v) is 4.68. The predicted octanol–water partition coefficient (Wildman–Crippen LogP) is 3.37. The number of carbonyl (C=O) groups excluding carboxylic acids is 2. The minimum atomic E-state index is -3.05. The number of pyridine rings is 1. The normalized spacial score (nSPS) is 15.3. The summed E-state index contributed by atoms with van der Waals surface area (Å²) in [5, 5.41) is 2.81. The molecule has 1 saturated heterocycles. The maximum atomic E-state index is 13.0. The number of anilines is 1. The average molecular weight is 462 g/mol. The molecule has 0 spiro atoms. The summed E-state index contributed by atoms with van der Waals surface area (Å²) in [5.41, 5.74) is 3.18. The quantitative estimate of drug-likeness (QED) is 0.588.